The first kappa shape index (κ1) is 23.5. The van der Waals surface area contributed by atoms with Crippen molar-refractivity contribution in [1.82, 2.24) is 14.8 Å². The van der Waals surface area contributed by atoms with Crippen molar-refractivity contribution in [1.29, 1.82) is 0 Å². The molecule has 7 nitrogen and oxygen atoms in total. The van der Waals surface area contributed by atoms with E-state index in [-0.39, 0.29) is 11.3 Å². The normalized spacial score (nSPS) is 17.9. The molecule has 1 aliphatic heterocycles. The van der Waals surface area contributed by atoms with E-state index in [1.54, 1.807) is 42.6 Å². The molecular weight excluding hydrogens is 406 g/mol. The largest absolute Gasteiger partial charge is 0.507 e. The number of likely N-dealkylation sites (tertiary alicyclic amines) is 1. The first-order valence-electron chi connectivity index (χ1n) is 11.2. The van der Waals surface area contributed by atoms with Gasteiger partial charge in [-0.15, -0.1) is 0 Å². The summed E-state index contributed by atoms with van der Waals surface area (Å²) in [5.74, 6) is -0.822. The number of nitrogens with zero attached hydrogens (tertiary/aromatic N) is 3. The second-order valence-electron chi connectivity index (χ2n) is 7.65. The highest BCUT2D eigenvalue weighted by Crippen LogP contribution is 2.38. The third-order valence-electron chi connectivity index (χ3n) is 5.66. The van der Waals surface area contributed by atoms with E-state index >= 15 is 0 Å². The van der Waals surface area contributed by atoms with Gasteiger partial charge in [0.2, 0.25) is 0 Å². The summed E-state index contributed by atoms with van der Waals surface area (Å²) in [6.07, 6.45) is 2.52. The molecule has 0 spiro atoms. The molecule has 170 valence electrons. The molecule has 0 aliphatic carbocycles. The van der Waals surface area contributed by atoms with Crippen LogP contribution in [0.15, 0.2) is 54.2 Å². The number of carbonyl (C=O) groups excluding carboxylic acids is 2. The number of carbonyl (C=O) groups is 2. The highest BCUT2D eigenvalue weighted by Gasteiger charge is 2.46. The van der Waals surface area contributed by atoms with E-state index in [9.17, 15) is 14.7 Å². The molecule has 1 atom stereocenters. The van der Waals surface area contributed by atoms with Crippen LogP contribution in [0.4, 0.5) is 0 Å². The lowest BCUT2D eigenvalue weighted by atomic mass is 9.98. The third kappa shape index (κ3) is 4.99. The summed E-state index contributed by atoms with van der Waals surface area (Å²) in [5, 5.41) is 11.1. The molecule has 0 bridgehead atoms. The molecule has 1 aromatic heterocycles. The van der Waals surface area contributed by atoms with Crippen LogP contribution in [0.3, 0.4) is 0 Å². The molecule has 2 aromatic rings. The molecule has 3 rings (SSSR count). The molecule has 1 amide bonds. The Balaban J connectivity index is 2.00. The number of ketones is 1. The highest BCUT2D eigenvalue weighted by atomic mass is 16.5. The van der Waals surface area contributed by atoms with Crippen LogP contribution in [0.25, 0.3) is 5.76 Å². The minimum absolute atomic E-state index is 0.0653. The topological polar surface area (TPSA) is 83.0 Å². The van der Waals surface area contributed by atoms with Gasteiger partial charge in [0.05, 0.1) is 17.9 Å². The van der Waals surface area contributed by atoms with E-state index in [1.165, 1.54) is 4.90 Å². The van der Waals surface area contributed by atoms with Crippen molar-refractivity contribution in [2.45, 2.75) is 33.2 Å². The van der Waals surface area contributed by atoms with Crippen LogP contribution in [0.5, 0.6) is 5.75 Å². The number of Topliss-reactive ketones (excluding diaryl/α,β-unsaturated/α-hetero) is 1. The second kappa shape index (κ2) is 10.9. The number of aliphatic hydroxyl groups excluding tert-OH is 1. The van der Waals surface area contributed by atoms with Gasteiger partial charge in [-0.05, 0) is 55.9 Å². The summed E-state index contributed by atoms with van der Waals surface area (Å²) in [4.78, 5) is 34.1. The molecule has 2 heterocycles. The van der Waals surface area contributed by atoms with E-state index in [2.05, 4.69) is 23.7 Å². The number of hydrogen-bond acceptors (Lipinski definition) is 6. The van der Waals surface area contributed by atoms with Crippen LogP contribution in [-0.4, -0.2) is 64.4 Å². The van der Waals surface area contributed by atoms with E-state index in [0.29, 0.717) is 36.7 Å². The quantitative estimate of drug-likeness (QED) is 0.347. The summed E-state index contributed by atoms with van der Waals surface area (Å²) in [6, 6.07) is 11.5. The van der Waals surface area contributed by atoms with Gasteiger partial charge in [0.25, 0.3) is 11.7 Å². The summed E-state index contributed by atoms with van der Waals surface area (Å²) in [6.45, 7) is 9.44. The maximum absolute atomic E-state index is 13.0. The number of ether oxygens (including phenoxy) is 1. The van der Waals surface area contributed by atoms with Gasteiger partial charge in [0.15, 0.2) is 0 Å². The molecule has 32 heavy (non-hydrogen) atoms. The number of likely N-dealkylation sites (N-methyl/N-ethyl adjacent to an activating group) is 1. The minimum Gasteiger partial charge on any atom is -0.507 e. The average molecular weight is 438 g/mol. The van der Waals surface area contributed by atoms with Crippen molar-refractivity contribution in [3.63, 3.8) is 0 Å². The van der Waals surface area contributed by atoms with Gasteiger partial charge in [-0.25, -0.2) is 0 Å². The highest BCUT2D eigenvalue weighted by molar-refractivity contribution is 6.46. The SMILES string of the molecule is CCCOc1ccc(C(O)=C2C(=O)C(=O)N(CCN(CC)CC)[C@H]2c2ccccn2)cc1. The Morgan fingerprint density at radius 1 is 1.09 bits per heavy atom. The predicted octanol–water partition coefficient (Wildman–Crippen LogP) is 3.63. The molecule has 1 aliphatic rings. The lowest BCUT2D eigenvalue weighted by Crippen LogP contribution is -2.38. The average Bonchev–Trinajstić information content (AvgIpc) is 3.08. The van der Waals surface area contributed by atoms with E-state index in [0.717, 1.165) is 19.5 Å². The number of pyridine rings is 1. The minimum atomic E-state index is -0.734. The first-order chi connectivity index (χ1) is 15.5. The summed E-state index contributed by atoms with van der Waals surface area (Å²) in [7, 11) is 0. The van der Waals surface area contributed by atoms with Crippen LogP contribution >= 0.6 is 0 Å². The lowest BCUT2D eigenvalue weighted by Gasteiger charge is -2.27. The zero-order valence-electron chi connectivity index (χ0n) is 19.0. The fraction of sp³-hybridized carbons (Fsp3) is 0.400. The van der Waals surface area contributed by atoms with Gasteiger partial charge in [-0.3, -0.25) is 14.6 Å². The van der Waals surface area contributed by atoms with Crippen molar-refractivity contribution < 1.29 is 19.4 Å². The van der Waals surface area contributed by atoms with Crippen LogP contribution < -0.4 is 4.74 Å². The Hall–Kier alpha value is -3.19. The number of hydrogen-bond donors (Lipinski definition) is 1. The van der Waals surface area contributed by atoms with Crippen LogP contribution in [-0.2, 0) is 9.59 Å². The van der Waals surface area contributed by atoms with E-state index in [4.69, 9.17) is 4.74 Å². The Morgan fingerprint density at radius 2 is 1.81 bits per heavy atom. The van der Waals surface area contributed by atoms with Gasteiger partial charge >= 0.3 is 0 Å². The Morgan fingerprint density at radius 3 is 2.41 bits per heavy atom. The Bertz CT molecular complexity index is 953. The van der Waals surface area contributed by atoms with Crippen molar-refractivity contribution in [2.24, 2.45) is 0 Å². The van der Waals surface area contributed by atoms with Crippen LogP contribution in [0.1, 0.15) is 44.5 Å². The summed E-state index contributed by atoms with van der Waals surface area (Å²) in [5.41, 5.74) is 1.07. The maximum Gasteiger partial charge on any atom is 0.295 e. The van der Waals surface area contributed by atoms with Gasteiger partial charge in [0.1, 0.15) is 17.6 Å². The monoisotopic (exact) mass is 437 g/mol. The molecule has 1 N–H and O–H groups in total. The zero-order valence-corrected chi connectivity index (χ0v) is 19.0. The zero-order chi connectivity index (χ0) is 23.1. The predicted molar refractivity (Wildman–Crippen MR) is 123 cm³/mol. The van der Waals surface area contributed by atoms with Crippen molar-refractivity contribution in [2.75, 3.05) is 32.8 Å². The standard InChI is InChI=1S/C25H31N3O4/c1-4-17-32-19-12-10-18(11-13-19)23(29)21-22(20-9-7-8-14-26-20)28(25(31)24(21)30)16-15-27(5-2)6-3/h7-14,22,29H,4-6,15-17H2,1-3H3/t22-/m0/s1. The van der Waals surface area contributed by atoms with Gasteiger partial charge in [0, 0.05) is 24.8 Å². The second-order valence-corrected chi connectivity index (χ2v) is 7.65. The van der Waals surface area contributed by atoms with E-state index in [1.807, 2.05) is 13.0 Å². The lowest BCUT2D eigenvalue weighted by molar-refractivity contribution is -0.140. The molecule has 0 radical (unpaired) electrons. The number of aliphatic hydroxyl groups is 1. The molecule has 1 saturated heterocycles. The van der Waals surface area contributed by atoms with E-state index < -0.39 is 17.7 Å². The molecule has 1 fully saturated rings. The third-order valence-corrected chi connectivity index (χ3v) is 5.66. The number of aromatic nitrogens is 1. The number of benzene rings is 1. The van der Waals surface area contributed by atoms with Crippen molar-refractivity contribution in [3.8, 4) is 5.75 Å². The molecule has 0 saturated carbocycles. The molecule has 7 heteroatoms. The maximum atomic E-state index is 13.0. The fourth-order valence-electron chi connectivity index (χ4n) is 3.83. The Kier molecular flexibility index (Phi) is 8.00. The van der Waals surface area contributed by atoms with Crippen molar-refractivity contribution in [3.05, 3.63) is 65.5 Å². The Labute approximate surface area is 189 Å². The smallest absolute Gasteiger partial charge is 0.295 e. The molecule has 1 aromatic carbocycles. The van der Waals surface area contributed by atoms with Crippen LogP contribution in [0, 0.1) is 0 Å². The number of rotatable bonds is 10. The first-order valence-corrected chi connectivity index (χ1v) is 11.2. The molecular formula is C25H31N3O4. The van der Waals surface area contributed by atoms with Gasteiger partial charge in [-0.1, -0.05) is 26.8 Å². The summed E-state index contributed by atoms with van der Waals surface area (Å²) < 4.78 is 5.59. The van der Waals surface area contributed by atoms with Crippen LogP contribution in [0.2, 0.25) is 0 Å². The fourth-order valence-corrected chi connectivity index (χ4v) is 3.83. The summed E-state index contributed by atoms with van der Waals surface area (Å²) >= 11 is 0. The van der Waals surface area contributed by atoms with Crippen molar-refractivity contribution >= 4 is 17.4 Å². The molecule has 0 unspecified atom stereocenters. The van der Waals surface area contributed by atoms with Gasteiger partial charge < -0.3 is 19.6 Å². The van der Waals surface area contributed by atoms with Gasteiger partial charge in [-0.2, -0.15) is 0 Å². The number of amides is 1.